The number of carboxylic acid groups (broad SMARTS) is 1. The summed E-state index contributed by atoms with van der Waals surface area (Å²) >= 11 is 6.17. The van der Waals surface area contributed by atoms with Crippen molar-refractivity contribution < 1.29 is 24.3 Å². The number of carboxylic acids is 1. The first-order chi connectivity index (χ1) is 21.8. The average Bonchev–Trinajstić information content (AvgIpc) is 3.59. The van der Waals surface area contributed by atoms with Crippen LogP contribution in [0, 0.1) is 0 Å². The largest absolute Gasteiger partial charge is 0.478 e. The molecule has 4 aromatic rings. The van der Waals surface area contributed by atoms with Gasteiger partial charge in [0.25, 0.3) is 0 Å². The molecular formula is C31H29ClN8O5. The monoisotopic (exact) mass is 628 g/mol. The van der Waals surface area contributed by atoms with Crippen LogP contribution in [0.1, 0.15) is 22.3 Å². The lowest BCUT2D eigenvalue weighted by molar-refractivity contribution is -0.134. The summed E-state index contributed by atoms with van der Waals surface area (Å²) in [6.45, 7) is 2.17. The van der Waals surface area contributed by atoms with Crippen molar-refractivity contribution in [3.8, 4) is 5.69 Å². The predicted molar refractivity (Wildman–Crippen MR) is 167 cm³/mol. The molecule has 3 N–H and O–H groups in total. The van der Waals surface area contributed by atoms with E-state index in [1.165, 1.54) is 47.4 Å². The molecule has 2 heterocycles. The lowest BCUT2D eigenvalue weighted by Gasteiger charge is -2.36. The minimum Gasteiger partial charge on any atom is -0.478 e. The smallest absolute Gasteiger partial charge is 0.335 e. The molecular weight excluding hydrogens is 600 g/mol. The Labute approximate surface area is 263 Å². The Morgan fingerprint density at radius 2 is 1.69 bits per heavy atom. The van der Waals surface area contributed by atoms with Crippen LogP contribution < -0.4 is 15.5 Å². The van der Waals surface area contributed by atoms with E-state index in [1.807, 2.05) is 30.3 Å². The zero-order chi connectivity index (χ0) is 31.8. The number of hydrogen-bond donors (Lipinski definition) is 3. The van der Waals surface area contributed by atoms with E-state index in [2.05, 4.69) is 31.1 Å². The molecule has 0 bridgehead atoms. The van der Waals surface area contributed by atoms with Gasteiger partial charge in [0.1, 0.15) is 12.4 Å². The Bertz CT molecular complexity index is 1690. The van der Waals surface area contributed by atoms with Gasteiger partial charge in [0.15, 0.2) is 0 Å². The van der Waals surface area contributed by atoms with Crippen molar-refractivity contribution in [2.45, 2.75) is 12.5 Å². The van der Waals surface area contributed by atoms with E-state index in [1.54, 1.807) is 23.1 Å². The molecule has 5 rings (SSSR count). The number of carbonyl (C=O) groups excluding carboxylic acids is 3. The molecule has 0 unspecified atom stereocenters. The van der Waals surface area contributed by atoms with Gasteiger partial charge < -0.3 is 25.5 Å². The Kier molecular flexibility index (Phi) is 9.80. The molecule has 3 aromatic carbocycles. The van der Waals surface area contributed by atoms with Gasteiger partial charge in [-0.25, -0.2) is 4.79 Å². The van der Waals surface area contributed by atoms with Crippen LogP contribution in [-0.2, 0) is 14.4 Å². The molecule has 1 saturated heterocycles. The van der Waals surface area contributed by atoms with Crippen LogP contribution in [0.5, 0.6) is 0 Å². The highest BCUT2D eigenvalue weighted by molar-refractivity contribution is 6.30. The molecule has 230 valence electrons. The number of para-hydroxylation sites is 1. The minimum atomic E-state index is -1.22. The first kappa shape index (κ1) is 30.9. The molecule has 1 aromatic heterocycles. The van der Waals surface area contributed by atoms with Crippen LogP contribution >= 0.6 is 11.6 Å². The highest BCUT2D eigenvalue weighted by Gasteiger charge is 2.28. The topological polar surface area (TPSA) is 163 Å². The maximum Gasteiger partial charge on any atom is 0.335 e. The quantitative estimate of drug-likeness (QED) is 0.224. The van der Waals surface area contributed by atoms with Gasteiger partial charge in [0.05, 0.1) is 17.7 Å². The second-order valence-corrected chi connectivity index (χ2v) is 10.6. The van der Waals surface area contributed by atoms with E-state index < -0.39 is 23.8 Å². The maximum atomic E-state index is 13.4. The molecule has 0 radical (unpaired) electrons. The first-order valence-corrected chi connectivity index (χ1v) is 14.4. The highest BCUT2D eigenvalue weighted by atomic mass is 35.5. The predicted octanol–water partition coefficient (Wildman–Crippen LogP) is 2.89. The van der Waals surface area contributed by atoms with Gasteiger partial charge in [0, 0.05) is 54.2 Å². The molecule has 45 heavy (non-hydrogen) atoms. The number of aromatic nitrogens is 4. The summed E-state index contributed by atoms with van der Waals surface area (Å²) in [7, 11) is 0. The summed E-state index contributed by atoms with van der Waals surface area (Å²) < 4.78 is 1.41. The number of amides is 3. The molecule has 13 nitrogen and oxygen atoms in total. The van der Waals surface area contributed by atoms with Gasteiger partial charge in [-0.05, 0) is 71.1 Å². The van der Waals surface area contributed by atoms with Crippen molar-refractivity contribution in [2.24, 2.45) is 0 Å². The lowest BCUT2D eigenvalue weighted by Crippen LogP contribution is -2.52. The van der Waals surface area contributed by atoms with Crippen molar-refractivity contribution in [1.29, 1.82) is 0 Å². The maximum absolute atomic E-state index is 13.4. The fourth-order valence-corrected chi connectivity index (χ4v) is 5.00. The summed E-state index contributed by atoms with van der Waals surface area (Å²) in [6.07, 6.45) is 3.85. The van der Waals surface area contributed by atoms with Crippen molar-refractivity contribution in [2.75, 3.05) is 36.4 Å². The highest BCUT2D eigenvalue weighted by Crippen LogP contribution is 2.21. The molecule has 0 spiro atoms. The number of benzene rings is 3. The number of aromatic carboxylic acids is 1. The molecule has 0 aliphatic carbocycles. The van der Waals surface area contributed by atoms with E-state index in [-0.39, 0.29) is 17.9 Å². The van der Waals surface area contributed by atoms with Crippen LogP contribution in [0.2, 0.25) is 5.02 Å². The van der Waals surface area contributed by atoms with E-state index in [0.29, 0.717) is 48.1 Å². The summed E-state index contributed by atoms with van der Waals surface area (Å²) in [5.74, 6) is -2.65. The van der Waals surface area contributed by atoms with E-state index in [4.69, 9.17) is 16.7 Å². The molecule has 14 heteroatoms. The van der Waals surface area contributed by atoms with Crippen LogP contribution in [0.3, 0.4) is 0 Å². The third kappa shape index (κ3) is 8.09. The van der Waals surface area contributed by atoms with Crippen molar-refractivity contribution in [1.82, 2.24) is 30.4 Å². The van der Waals surface area contributed by atoms with E-state index >= 15 is 0 Å². The standard InChI is InChI=1S/C31H29ClN8O5/c32-23-9-12-27(40-20-33-36-37-40)22(18-23)8-13-28(41)35-26(30(43)34-24-10-6-21(7-11-24)31(44)45)19-29(42)39-16-14-38(15-17-39)25-4-2-1-3-5-25/h1-13,18,20,26H,14-17,19H2,(H,34,43)(H,35,41)(H,44,45)/b13-8+/t26-/m0/s1. The number of nitrogens with one attached hydrogen (secondary N) is 2. The Hall–Kier alpha value is -5.56. The van der Waals surface area contributed by atoms with Crippen molar-refractivity contribution in [3.05, 3.63) is 101 Å². The number of piperazine rings is 1. The lowest BCUT2D eigenvalue weighted by atomic mass is 10.1. The Balaban J connectivity index is 1.29. The van der Waals surface area contributed by atoms with Crippen LogP contribution in [-0.4, -0.2) is 86.1 Å². The summed E-state index contributed by atoms with van der Waals surface area (Å²) in [4.78, 5) is 54.9. The molecule has 3 amide bonds. The van der Waals surface area contributed by atoms with Crippen molar-refractivity contribution >= 4 is 52.7 Å². The van der Waals surface area contributed by atoms with Gasteiger partial charge in [-0.1, -0.05) is 29.8 Å². The van der Waals surface area contributed by atoms with E-state index in [0.717, 1.165) is 5.69 Å². The second-order valence-electron chi connectivity index (χ2n) is 10.1. The van der Waals surface area contributed by atoms with Gasteiger partial charge >= 0.3 is 5.97 Å². The SMILES string of the molecule is O=C(/C=C/c1cc(Cl)ccc1-n1cnnn1)N[C@@H](CC(=O)N1CCN(c2ccccc2)CC1)C(=O)Nc1ccc(C(=O)O)cc1. The fraction of sp³-hybridized carbons (Fsp3) is 0.194. The van der Waals surface area contributed by atoms with E-state index in [9.17, 15) is 19.2 Å². The third-order valence-corrected chi connectivity index (χ3v) is 7.40. The fourth-order valence-electron chi connectivity index (χ4n) is 4.82. The normalized spacial score (nSPS) is 13.8. The molecule has 1 fully saturated rings. The molecule has 1 aliphatic rings. The first-order valence-electron chi connectivity index (χ1n) is 14.0. The zero-order valence-electron chi connectivity index (χ0n) is 23.9. The summed E-state index contributed by atoms with van der Waals surface area (Å²) in [5.41, 5.74) is 2.54. The summed E-state index contributed by atoms with van der Waals surface area (Å²) in [6, 6.07) is 19.2. The zero-order valence-corrected chi connectivity index (χ0v) is 24.7. The molecule has 1 atom stereocenters. The van der Waals surface area contributed by atoms with Crippen LogP contribution in [0.15, 0.2) is 85.2 Å². The second kappa shape index (κ2) is 14.3. The van der Waals surface area contributed by atoms with Gasteiger partial charge in [-0.3, -0.25) is 14.4 Å². The number of hydrogen-bond acceptors (Lipinski definition) is 8. The van der Waals surface area contributed by atoms with Gasteiger partial charge in [-0.2, -0.15) is 4.68 Å². The van der Waals surface area contributed by atoms with Gasteiger partial charge in [0.2, 0.25) is 17.7 Å². The summed E-state index contributed by atoms with van der Waals surface area (Å²) in [5, 5.41) is 26.0. The molecule has 0 saturated carbocycles. The number of rotatable bonds is 10. The molecule has 1 aliphatic heterocycles. The Morgan fingerprint density at radius 3 is 2.36 bits per heavy atom. The van der Waals surface area contributed by atoms with Gasteiger partial charge in [-0.15, -0.1) is 5.10 Å². The number of nitrogens with zero attached hydrogens (tertiary/aromatic N) is 6. The minimum absolute atomic E-state index is 0.0508. The Morgan fingerprint density at radius 1 is 0.956 bits per heavy atom. The average molecular weight is 629 g/mol. The van der Waals surface area contributed by atoms with Crippen LogP contribution in [0.25, 0.3) is 11.8 Å². The number of tetrazole rings is 1. The number of halogens is 1. The number of anilines is 2. The van der Waals surface area contributed by atoms with Crippen molar-refractivity contribution in [3.63, 3.8) is 0 Å². The third-order valence-electron chi connectivity index (χ3n) is 7.16. The number of carbonyl (C=O) groups is 4. The van der Waals surface area contributed by atoms with Crippen LogP contribution in [0.4, 0.5) is 11.4 Å².